The molecule has 25 heavy (non-hydrogen) atoms. The van der Waals surface area contributed by atoms with Gasteiger partial charge in [-0.2, -0.15) is 4.40 Å². The van der Waals surface area contributed by atoms with Crippen molar-refractivity contribution >= 4 is 40.3 Å². The van der Waals surface area contributed by atoms with Gasteiger partial charge < -0.3 is 9.84 Å². The summed E-state index contributed by atoms with van der Waals surface area (Å²) in [4.78, 5) is 28.8. The van der Waals surface area contributed by atoms with Gasteiger partial charge in [-0.05, 0) is 6.07 Å². The standard InChI is InChI=1S/C16H14ClN3O4S/c1-24-13(22)6-5-11(21)14-15(23)19-7-3-2-4-12(19)20(14)9-10-8-18-16(17)25-10/h2-4,7-8H,5-6,9H2,1H3/p+1. The largest absolute Gasteiger partial charge is 0.474 e. The summed E-state index contributed by atoms with van der Waals surface area (Å²) in [6.07, 6.45) is 3.19. The molecule has 9 heteroatoms. The lowest BCUT2D eigenvalue weighted by atomic mass is 10.1. The van der Waals surface area contributed by atoms with Crippen LogP contribution in [0.3, 0.4) is 0 Å². The Morgan fingerprint density at radius 3 is 2.88 bits per heavy atom. The minimum atomic E-state index is -0.475. The number of fused-ring (bicyclic) bond motifs is 1. The summed E-state index contributed by atoms with van der Waals surface area (Å²) in [6.45, 7) is 0.331. The number of nitrogens with zero attached hydrogens (tertiary/aromatic N) is 3. The number of halogens is 1. The van der Waals surface area contributed by atoms with E-state index in [0.717, 1.165) is 4.88 Å². The zero-order valence-electron chi connectivity index (χ0n) is 13.3. The minimum absolute atomic E-state index is 0.0483. The summed E-state index contributed by atoms with van der Waals surface area (Å²) in [5.74, 6) is -0.985. The highest BCUT2D eigenvalue weighted by molar-refractivity contribution is 7.15. The molecule has 0 amide bonds. The maximum absolute atomic E-state index is 12.6. The van der Waals surface area contributed by atoms with E-state index >= 15 is 0 Å². The Bertz CT molecular complexity index is 950. The summed E-state index contributed by atoms with van der Waals surface area (Å²) in [7, 11) is 1.27. The average Bonchev–Trinajstić information content (AvgIpc) is 3.15. The van der Waals surface area contributed by atoms with Crippen molar-refractivity contribution in [2.45, 2.75) is 19.4 Å². The molecule has 7 nitrogen and oxygen atoms in total. The third-order valence-corrected chi connectivity index (χ3v) is 4.81. The smallest absolute Gasteiger partial charge is 0.339 e. The predicted octanol–water partition coefficient (Wildman–Crippen LogP) is 2.23. The van der Waals surface area contributed by atoms with Gasteiger partial charge in [-0.25, -0.2) is 9.55 Å². The fraction of sp³-hybridized carbons (Fsp3) is 0.250. The molecule has 0 fully saturated rings. The predicted molar refractivity (Wildman–Crippen MR) is 91.1 cm³/mol. The van der Waals surface area contributed by atoms with Gasteiger partial charge in [0, 0.05) is 18.7 Å². The normalized spacial score (nSPS) is 11.0. The van der Waals surface area contributed by atoms with Gasteiger partial charge in [0.15, 0.2) is 4.47 Å². The van der Waals surface area contributed by atoms with Crippen LogP contribution in [0.2, 0.25) is 4.47 Å². The lowest BCUT2D eigenvalue weighted by Gasteiger charge is -2.01. The molecule has 0 radical (unpaired) electrons. The van der Waals surface area contributed by atoms with Crippen LogP contribution < -0.4 is 4.40 Å². The van der Waals surface area contributed by atoms with E-state index in [2.05, 4.69) is 9.72 Å². The second-order valence-electron chi connectivity index (χ2n) is 5.27. The van der Waals surface area contributed by atoms with Gasteiger partial charge in [0.1, 0.15) is 6.54 Å². The van der Waals surface area contributed by atoms with Crippen LogP contribution in [-0.4, -0.2) is 33.5 Å². The van der Waals surface area contributed by atoms with Crippen LogP contribution in [-0.2, 0) is 16.1 Å². The number of pyridine rings is 1. The number of thiazole rings is 1. The molecule has 0 atom stereocenters. The Kier molecular flexibility index (Phi) is 5.00. The summed E-state index contributed by atoms with van der Waals surface area (Å²) in [5.41, 5.74) is 0.783. The van der Waals surface area contributed by atoms with E-state index < -0.39 is 5.97 Å². The van der Waals surface area contributed by atoms with Gasteiger partial charge in [0.2, 0.25) is 5.78 Å². The zero-order chi connectivity index (χ0) is 18.0. The van der Waals surface area contributed by atoms with E-state index in [9.17, 15) is 14.7 Å². The second kappa shape index (κ2) is 7.20. The Morgan fingerprint density at radius 2 is 2.20 bits per heavy atom. The number of carbonyl (C=O) groups is 2. The number of aromatic hydroxyl groups is 1. The minimum Gasteiger partial charge on any atom is -0.474 e. The first-order chi connectivity index (χ1) is 12.0. The summed E-state index contributed by atoms with van der Waals surface area (Å²) >= 11 is 7.18. The van der Waals surface area contributed by atoms with Crippen molar-refractivity contribution in [2.75, 3.05) is 7.11 Å². The third kappa shape index (κ3) is 3.49. The number of rotatable bonds is 6. The molecule has 130 valence electrons. The number of methoxy groups -OCH3 is 1. The summed E-state index contributed by atoms with van der Waals surface area (Å²) < 4.78 is 8.19. The molecule has 0 aliphatic carbocycles. The van der Waals surface area contributed by atoms with E-state index in [-0.39, 0.29) is 30.2 Å². The lowest BCUT2D eigenvalue weighted by molar-refractivity contribution is -0.521. The van der Waals surface area contributed by atoms with Crippen LogP contribution >= 0.6 is 22.9 Å². The van der Waals surface area contributed by atoms with E-state index in [4.69, 9.17) is 11.6 Å². The van der Waals surface area contributed by atoms with E-state index in [1.165, 1.54) is 22.8 Å². The van der Waals surface area contributed by atoms with Gasteiger partial charge >= 0.3 is 11.8 Å². The van der Waals surface area contributed by atoms with Crippen LogP contribution in [0.15, 0.2) is 30.6 Å². The van der Waals surface area contributed by atoms with Crippen molar-refractivity contribution < 1.29 is 23.8 Å². The zero-order valence-corrected chi connectivity index (χ0v) is 14.9. The number of ether oxygens (including phenoxy) is 1. The van der Waals surface area contributed by atoms with Gasteiger partial charge in [-0.1, -0.05) is 17.7 Å². The van der Waals surface area contributed by atoms with Gasteiger partial charge in [0.05, 0.1) is 24.6 Å². The molecule has 0 unspecified atom stereocenters. The molecule has 0 aliphatic rings. The van der Waals surface area contributed by atoms with Crippen LogP contribution in [0.4, 0.5) is 0 Å². The first kappa shape index (κ1) is 17.4. The molecule has 0 aromatic carbocycles. The number of hydrogen-bond donors (Lipinski definition) is 1. The highest BCUT2D eigenvalue weighted by Gasteiger charge is 2.31. The summed E-state index contributed by atoms with van der Waals surface area (Å²) in [6, 6.07) is 5.36. The quantitative estimate of drug-likeness (QED) is 0.402. The molecule has 0 saturated carbocycles. The van der Waals surface area contributed by atoms with Crippen molar-refractivity contribution in [1.29, 1.82) is 0 Å². The molecular formula is C16H15ClN3O4S+. The van der Waals surface area contributed by atoms with E-state index in [1.54, 1.807) is 29.1 Å². The third-order valence-electron chi connectivity index (χ3n) is 3.71. The number of esters is 1. The Morgan fingerprint density at radius 1 is 1.40 bits per heavy atom. The molecule has 0 aliphatic heterocycles. The first-order valence-electron chi connectivity index (χ1n) is 7.43. The molecule has 3 aromatic rings. The van der Waals surface area contributed by atoms with Gasteiger partial charge in [-0.3, -0.25) is 9.59 Å². The van der Waals surface area contributed by atoms with Crippen LogP contribution in [0.1, 0.15) is 28.2 Å². The molecule has 1 N–H and O–H groups in total. The van der Waals surface area contributed by atoms with Crippen molar-refractivity contribution in [3.8, 4) is 5.88 Å². The maximum atomic E-state index is 12.6. The number of aromatic nitrogens is 3. The lowest BCUT2D eigenvalue weighted by Crippen LogP contribution is -2.19. The van der Waals surface area contributed by atoms with Crippen molar-refractivity contribution in [1.82, 2.24) is 9.55 Å². The SMILES string of the molecule is COC(=O)CCC(=O)c1c(O)[n+]2ccccc2n1Cc1cnc(Cl)s1. The highest BCUT2D eigenvalue weighted by Crippen LogP contribution is 2.24. The van der Waals surface area contributed by atoms with E-state index in [1.807, 2.05) is 6.07 Å². The molecule has 3 heterocycles. The fourth-order valence-electron chi connectivity index (χ4n) is 2.57. The Labute approximate surface area is 152 Å². The van der Waals surface area contributed by atoms with Crippen LogP contribution in [0.5, 0.6) is 5.88 Å². The number of imidazole rings is 1. The maximum Gasteiger partial charge on any atom is 0.339 e. The van der Waals surface area contributed by atoms with Gasteiger partial charge in [-0.15, -0.1) is 11.3 Å². The van der Waals surface area contributed by atoms with Crippen molar-refractivity contribution in [3.05, 3.63) is 45.6 Å². The van der Waals surface area contributed by atoms with Crippen molar-refractivity contribution in [2.24, 2.45) is 0 Å². The van der Waals surface area contributed by atoms with Crippen molar-refractivity contribution in [3.63, 3.8) is 0 Å². The molecule has 0 bridgehead atoms. The Hall–Kier alpha value is -2.45. The average molecular weight is 381 g/mol. The molecule has 0 spiro atoms. The number of carbonyl (C=O) groups excluding carboxylic acids is 2. The number of Topliss-reactive ketones (excluding diaryl/α,β-unsaturated/α-hetero) is 1. The van der Waals surface area contributed by atoms with Crippen LogP contribution in [0, 0.1) is 0 Å². The van der Waals surface area contributed by atoms with E-state index in [0.29, 0.717) is 16.7 Å². The molecular weight excluding hydrogens is 366 g/mol. The summed E-state index contributed by atoms with van der Waals surface area (Å²) in [5, 5.41) is 10.5. The highest BCUT2D eigenvalue weighted by atomic mass is 35.5. The number of hydrogen-bond acceptors (Lipinski definition) is 6. The van der Waals surface area contributed by atoms with Gasteiger partial charge in [0.25, 0.3) is 11.3 Å². The first-order valence-corrected chi connectivity index (χ1v) is 8.62. The number of ketones is 1. The topological polar surface area (TPSA) is 85.5 Å². The molecule has 0 saturated heterocycles. The monoisotopic (exact) mass is 380 g/mol. The molecule has 3 rings (SSSR count). The second-order valence-corrected chi connectivity index (χ2v) is 6.96. The Balaban J connectivity index is 2.03. The fourth-order valence-corrected chi connectivity index (χ4v) is 3.53. The van der Waals surface area contributed by atoms with Crippen LogP contribution in [0.25, 0.3) is 5.65 Å². The molecule has 3 aromatic heterocycles.